The Kier molecular flexibility index (Phi) is 6.01. The quantitative estimate of drug-likeness (QED) is 0.795. The Balaban J connectivity index is 2.19. The van der Waals surface area contributed by atoms with Gasteiger partial charge in [-0.15, -0.1) is 0 Å². The van der Waals surface area contributed by atoms with E-state index in [-0.39, 0.29) is 12.1 Å². The Morgan fingerprint density at radius 2 is 1.85 bits per heavy atom. The summed E-state index contributed by atoms with van der Waals surface area (Å²) in [6.45, 7) is 1.98. The van der Waals surface area contributed by atoms with E-state index in [2.05, 4.69) is 0 Å². The summed E-state index contributed by atoms with van der Waals surface area (Å²) < 4.78 is 6.21. The lowest BCUT2D eigenvalue weighted by atomic mass is 10.1. The predicted molar refractivity (Wildman–Crippen MR) is 85.9 cm³/mol. The van der Waals surface area contributed by atoms with Crippen molar-refractivity contribution >= 4 is 23.2 Å². The Labute approximate surface area is 131 Å². The molecule has 0 amide bonds. The summed E-state index contributed by atoms with van der Waals surface area (Å²) in [5, 5.41) is 1.23. The normalized spacial score (nSPS) is 18.6. The van der Waals surface area contributed by atoms with E-state index >= 15 is 0 Å². The van der Waals surface area contributed by atoms with Gasteiger partial charge in [0, 0.05) is 11.1 Å². The molecular weight excluding hydrogens is 293 g/mol. The molecule has 1 saturated carbocycles. The van der Waals surface area contributed by atoms with Crippen LogP contribution in [0, 0.1) is 0 Å². The maximum atomic E-state index is 6.33. The molecule has 1 atom stereocenters. The smallest absolute Gasteiger partial charge is 0.141 e. The highest BCUT2D eigenvalue weighted by Crippen LogP contribution is 2.35. The molecule has 1 aromatic rings. The van der Waals surface area contributed by atoms with Crippen molar-refractivity contribution < 1.29 is 4.74 Å². The fourth-order valence-electron chi connectivity index (χ4n) is 2.77. The highest BCUT2D eigenvalue weighted by atomic mass is 35.5. The maximum absolute atomic E-state index is 6.33. The van der Waals surface area contributed by atoms with Gasteiger partial charge in [-0.25, -0.2) is 0 Å². The first kappa shape index (κ1) is 15.9. The topological polar surface area (TPSA) is 35.2 Å². The van der Waals surface area contributed by atoms with Crippen molar-refractivity contribution in [1.29, 1.82) is 0 Å². The summed E-state index contributed by atoms with van der Waals surface area (Å²) in [5.74, 6) is 0.778. The van der Waals surface area contributed by atoms with Gasteiger partial charge >= 0.3 is 0 Å². The predicted octanol–water partition coefficient (Wildman–Crippen LogP) is 4.98. The molecule has 2 nitrogen and oxygen atoms in total. The minimum absolute atomic E-state index is 0.0565. The zero-order valence-corrected chi connectivity index (χ0v) is 13.5. The molecule has 1 aliphatic rings. The van der Waals surface area contributed by atoms with Crippen LogP contribution >= 0.6 is 23.2 Å². The van der Waals surface area contributed by atoms with E-state index in [0.29, 0.717) is 10.0 Å². The fourth-order valence-corrected chi connectivity index (χ4v) is 3.35. The highest BCUT2D eigenvalue weighted by molar-refractivity contribution is 6.35. The summed E-state index contributed by atoms with van der Waals surface area (Å²) >= 11 is 12.4. The van der Waals surface area contributed by atoms with Gasteiger partial charge in [0.2, 0.25) is 0 Å². The van der Waals surface area contributed by atoms with E-state index < -0.39 is 0 Å². The van der Waals surface area contributed by atoms with E-state index in [1.807, 2.05) is 13.0 Å². The van der Waals surface area contributed by atoms with Crippen LogP contribution in [-0.2, 0) is 6.42 Å². The highest BCUT2D eigenvalue weighted by Gasteiger charge is 2.18. The third-order valence-electron chi connectivity index (χ3n) is 3.71. The molecule has 1 fully saturated rings. The molecule has 0 saturated heterocycles. The average Bonchev–Trinajstić information content (AvgIpc) is 2.61. The molecule has 1 unspecified atom stereocenters. The second-order valence-electron chi connectivity index (χ2n) is 5.79. The van der Waals surface area contributed by atoms with Crippen LogP contribution in [0.15, 0.2) is 12.1 Å². The van der Waals surface area contributed by atoms with Crippen molar-refractivity contribution in [3.05, 3.63) is 27.7 Å². The summed E-state index contributed by atoms with van der Waals surface area (Å²) in [5.41, 5.74) is 6.93. The van der Waals surface area contributed by atoms with Gasteiger partial charge < -0.3 is 10.5 Å². The van der Waals surface area contributed by atoms with Crippen LogP contribution in [0.4, 0.5) is 0 Å². The monoisotopic (exact) mass is 315 g/mol. The van der Waals surface area contributed by atoms with Crippen LogP contribution in [-0.4, -0.2) is 12.1 Å². The molecule has 4 heteroatoms. The van der Waals surface area contributed by atoms with E-state index in [1.54, 1.807) is 6.07 Å². The van der Waals surface area contributed by atoms with Crippen molar-refractivity contribution in [2.24, 2.45) is 5.73 Å². The molecular formula is C16H23Cl2NO. The number of ether oxygens (including phenoxy) is 1. The van der Waals surface area contributed by atoms with Crippen LogP contribution in [0.1, 0.15) is 51.0 Å². The summed E-state index contributed by atoms with van der Waals surface area (Å²) in [6.07, 6.45) is 8.29. The number of hydrogen-bond acceptors (Lipinski definition) is 2. The average molecular weight is 316 g/mol. The van der Waals surface area contributed by atoms with Crippen molar-refractivity contribution in [3.8, 4) is 5.75 Å². The number of rotatable bonds is 4. The lowest BCUT2D eigenvalue weighted by molar-refractivity contribution is 0.182. The number of benzene rings is 1. The molecule has 2 N–H and O–H groups in total. The van der Waals surface area contributed by atoms with E-state index in [1.165, 1.54) is 25.7 Å². The largest absolute Gasteiger partial charge is 0.489 e. The number of nitrogens with two attached hydrogens (primary N) is 1. The van der Waals surface area contributed by atoms with Crippen molar-refractivity contribution in [2.45, 2.75) is 64.0 Å². The molecule has 20 heavy (non-hydrogen) atoms. The van der Waals surface area contributed by atoms with Crippen LogP contribution in [0.5, 0.6) is 5.75 Å². The van der Waals surface area contributed by atoms with Crippen LogP contribution in [0.2, 0.25) is 10.0 Å². The SMILES string of the molecule is CC(N)Cc1cc(Cl)cc(Cl)c1OC1CCCCCC1. The van der Waals surface area contributed by atoms with Crippen LogP contribution < -0.4 is 10.5 Å². The van der Waals surface area contributed by atoms with E-state index in [0.717, 1.165) is 30.6 Å². The van der Waals surface area contributed by atoms with Gasteiger partial charge in [-0.2, -0.15) is 0 Å². The summed E-state index contributed by atoms with van der Waals surface area (Å²) in [4.78, 5) is 0. The molecule has 112 valence electrons. The van der Waals surface area contributed by atoms with E-state index in [9.17, 15) is 0 Å². The van der Waals surface area contributed by atoms with Gasteiger partial charge in [-0.3, -0.25) is 0 Å². The molecule has 0 radical (unpaired) electrons. The molecule has 2 rings (SSSR count). The summed E-state index contributed by atoms with van der Waals surface area (Å²) in [7, 11) is 0. The molecule has 0 bridgehead atoms. The van der Waals surface area contributed by atoms with E-state index in [4.69, 9.17) is 33.7 Å². The Morgan fingerprint density at radius 3 is 2.45 bits per heavy atom. The molecule has 0 aromatic heterocycles. The second-order valence-corrected chi connectivity index (χ2v) is 6.63. The lowest BCUT2D eigenvalue weighted by Gasteiger charge is -2.21. The third-order valence-corrected chi connectivity index (χ3v) is 4.21. The molecule has 0 heterocycles. The standard InChI is InChI=1S/C16H23Cl2NO/c1-11(19)8-12-9-13(17)10-15(18)16(12)20-14-6-4-2-3-5-7-14/h9-11,14H,2-8,19H2,1H3. The first-order chi connectivity index (χ1) is 9.56. The van der Waals surface area contributed by atoms with Gasteiger partial charge in [0.15, 0.2) is 0 Å². The van der Waals surface area contributed by atoms with Crippen molar-refractivity contribution in [2.75, 3.05) is 0 Å². The molecule has 0 aliphatic heterocycles. The molecule has 0 spiro atoms. The van der Waals surface area contributed by atoms with Crippen molar-refractivity contribution in [1.82, 2.24) is 0 Å². The summed E-state index contributed by atoms with van der Waals surface area (Å²) in [6, 6.07) is 3.73. The lowest BCUT2D eigenvalue weighted by Crippen LogP contribution is -2.20. The minimum Gasteiger partial charge on any atom is -0.489 e. The molecule has 1 aliphatic carbocycles. The van der Waals surface area contributed by atoms with Gasteiger partial charge in [-0.1, -0.05) is 36.0 Å². The number of halogens is 2. The first-order valence-electron chi connectivity index (χ1n) is 7.46. The Hall–Kier alpha value is -0.440. The second kappa shape index (κ2) is 7.53. The maximum Gasteiger partial charge on any atom is 0.141 e. The molecule has 1 aromatic carbocycles. The number of hydrogen-bond donors (Lipinski definition) is 1. The Bertz CT molecular complexity index is 440. The first-order valence-corrected chi connectivity index (χ1v) is 8.22. The van der Waals surface area contributed by atoms with Gasteiger partial charge in [0.1, 0.15) is 5.75 Å². The van der Waals surface area contributed by atoms with Gasteiger partial charge in [-0.05, 0) is 56.7 Å². The third kappa shape index (κ3) is 4.54. The zero-order valence-electron chi connectivity index (χ0n) is 12.0. The van der Waals surface area contributed by atoms with Crippen LogP contribution in [0.25, 0.3) is 0 Å². The van der Waals surface area contributed by atoms with Gasteiger partial charge in [0.25, 0.3) is 0 Å². The fraction of sp³-hybridized carbons (Fsp3) is 0.625. The minimum atomic E-state index is 0.0565. The Morgan fingerprint density at radius 1 is 1.20 bits per heavy atom. The zero-order chi connectivity index (χ0) is 14.5. The van der Waals surface area contributed by atoms with Crippen LogP contribution in [0.3, 0.4) is 0 Å². The van der Waals surface area contributed by atoms with Gasteiger partial charge in [0.05, 0.1) is 11.1 Å². The van der Waals surface area contributed by atoms with Crippen molar-refractivity contribution in [3.63, 3.8) is 0 Å².